The van der Waals surface area contributed by atoms with Crippen LogP contribution in [0.4, 0.5) is 5.69 Å². The Labute approximate surface area is 274 Å². The predicted octanol–water partition coefficient (Wildman–Crippen LogP) is 11.4. The third-order valence-electron chi connectivity index (χ3n) is 8.76. The van der Waals surface area contributed by atoms with E-state index in [1.807, 2.05) is 0 Å². The first-order valence-corrected chi connectivity index (χ1v) is 18.2. The minimum atomic E-state index is -1.61. The molecular weight excluding hydrogens is 612 g/mol. The SMILES string of the molecule is c1ccc(P(c2ccccc2)c2cccc3cccc(Np4oc5ccc6ccccc6c5c5c(ccc6ccccc65)o4)c23)cc1. The Bertz CT molecular complexity index is 2470. The van der Waals surface area contributed by atoms with Gasteiger partial charge in [-0.2, -0.15) is 0 Å². The summed E-state index contributed by atoms with van der Waals surface area (Å²) in [6.45, 7) is 0. The molecule has 0 saturated carbocycles. The van der Waals surface area contributed by atoms with Crippen LogP contribution >= 0.6 is 16.1 Å². The van der Waals surface area contributed by atoms with E-state index in [2.05, 4.69) is 175 Å². The Kier molecular flexibility index (Phi) is 7.01. The molecule has 47 heavy (non-hydrogen) atoms. The molecule has 0 fully saturated rings. The number of anilines is 1. The zero-order chi connectivity index (χ0) is 31.2. The number of nitrogens with one attached hydrogen (secondary N) is 1. The van der Waals surface area contributed by atoms with Crippen LogP contribution in [0.1, 0.15) is 0 Å². The summed E-state index contributed by atoms with van der Waals surface area (Å²) in [4.78, 5) is 0. The van der Waals surface area contributed by atoms with E-state index in [-0.39, 0.29) is 0 Å². The Morgan fingerprint density at radius 3 is 1.47 bits per heavy atom. The number of fused-ring (bicyclic) bond motifs is 8. The first-order chi connectivity index (χ1) is 23.3. The van der Waals surface area contributed by atoms with Crippen LogP contribution in [0.5, 0.6) is 0 Å². The number of hydrogen-bond donors (Lipinski definition) is 1. The standard InChI is InChI=1S/C42H29NO2P2/c1-3-17-32(18-4-1)46(33-19-5-2-6-20-33)39-24-12-16-31-15-11-23-36(40(31)39)43-47-44-37-27-25-29-13-7-9-21-34(29)41(37)42-35-22-10-8-14-30(35)26-28-38(42)45-47/h1-28,43H. The Morgan fingerprint density at radius 1 is 0.404 bits per heavy atom. The maximum Gasteiger partial charge on any atom is 0.338 e. The van der Waals surface area contributed by atoms with Crippen molar-refractivity contribution in [2.45, 2.75) is 0 Å². The summed E-state index contributed by atoms with van der Waals surface area (Å²) in [7, 11) is -2.44. The number of benzene rings is 8. The molecule has 1 heterocycles. The second-order valence-electron chi connectivity index (χ2n) is 11.6. The van der Waals surface area contributed by atoms with Crippen molar-refractivity contribution in [1.82, 2.24) is 0 Å². The summed E-state index contributed by atoms with van der Waals surface area (Å²) in [5, 5.41) is 16.8. The van der Waals surface area contributed by atoms with E-state index < -0.39 is 16.1 Å². The van der Waals surface area contributed by atoms with Crippen molar-refractivity contribution in [3.8, 4) is 0 Å². The Hall–Kier alpha value is -5.33. The number of hydrogen-bond acceptors (Lipinski definition) is 3. The molecule has 9 aromatic rings. The van der Waals surface area contributed by atoms with Crippen molar-refractivity contribution in [3.63, 3.8) is 0 Å². The van der Waals surface area contributed by atoms with E-state index in [1.165, 1.54) is 37.5 Å². The highest BCUT2D eigenvalue weighted by molar-refractivity contribution is 7.80. The van der Waals surface area contributed by atoms with Crippen LogP contribution in [0.25, 0.3) is 54.3 Å². The molecule has 0 unspecified atom stereocenters. The van der Waals surface area contributed by atoms with E-state index >= 15 is 0 Å². The molecule has 0 amide bonds. The molecule has 0 saturated heterocycles. The van der Waals surface area contributed by atoms with Crippen molar-refractivity contribution >= 4 is 91.9 Å². The molecule has 0 aliphatic carbocycles. The first kappa shape index (κ1) is 27.9. The van der Waals surface area contributed by atoms with Crippen LogP contribution in [0, 0.1) is 0 Å². The highest BCUT2D eigenvalue weighted by atomic mass is 31.1. The predicted molar refractivity (Wildman–Crippen MR) is 203 cm³/mol. The molecule has 224 valence electrons. The summed E-state index contributed by atoms with van der Waals surface area (Å²) < 4.78 is 13.7. The summed E-state index contributed by atoms with van der Waals surface area (Å²) in [5.74, 6) is 0. The third kappa shape index (κ3) is 4.97. The van der Waals surface area contributed by atoms with Crippen LogP contribution in [0.15, 0.2) is 178 Å². The zero-order valence-electron chi connectivity index (χ0n) is 25.4. The molecule has 0 bridgehead atoms. The van der Waals surface area contributed by atoms with Gasteiger partial charge in [0.2, 0.25) is 0 Å². The van der Waals surface area contributed by atoms with Gasteiger partial charge in [0.1, 0.15) is 11.2 Å². The minimum absolute atomic E-state index is 0.814. The van der Waals surface area contributed by atoms with Crippen molar-refractivity contribution in [3.05, 3.63) is 170 Å². The lowest BCUT2D eigenvalue weighted by Gasteiger charge is -2.22. The molecule has 8 aromatic carbocycles. The van der Waals surface area contributed by atoms with E-state index in [1.54, 1.807) is 0 Å². The van der Waals surface area contributed by atoms with Gasteiger partial charge in [-0.15, -0.1) is 0 Å². The van der Waals surface area contributed by atoms with Gasteiger partial charge in [0, 0.05) is 16.2 Å². The highest BCUT2D eigenvalue weighted by Crippen LogP contribution is 2.43. The van der Waals surface area contributed by atoms with Crippen molar-refractivity contribution in [2.75, 3.05) is 5.09 Å². The molecule has 0 atom stereocenters. The van der Waals surface area contributed by atoms with Gasteiger partial charge in [-0.1, -0.05) is 152 Å². The van der Waals surface area contributed by atoms with Crippen molar-refractivity contribution in [2.24, 2.45) is 0 Å². The van der Waals surface area contributed by atoms with Gasteiger partial charge in [-0.25, -0.2) is 0 Å². The quantitative estimate of drug-likeness (QED) is 0.190. The van der Waals surface area contributed by atoms with E-state index in [0.717, 1.165) is 38.4 Å². The first-order valence-electron chi connectivity index (χ1n) is 15.7. The second-order valence-corrected chi connectivity index (χ2v) is 14.8. The molecular formula is C42H29NO2P2. The summed E-state index contributed by atoms with van der Waals surface area (Å²) in [5.41, 5.74) is 2.62. The fourth-order valence-corrected chi connectivity index (χ4v) is 10.4. The molecule has 0 spiro atoms. The van der Waals surface area contributed by atoms with Gasteiger partial charge in [0.25, 0.3) is 0 Å². The maximum atomic E-state index is 6.86. The fourth-order valence-electron chi connectivity index (χ4n) is 6.69. The lowest BCUT2D eigenvalue weighted by molar-refractivity contribution is 0.646. The van der Waals surface area contributed by atoms with Crippen LogP contribution in [0.2, 0.25) is 0 Å². The lowest BCUT2D eigenvalue weighted by Crippen LogP contribution is -2.21. The van der Waals surface area contributed by atoms with Gasteiger partial charge in [-0.05, 0) is 69.0 Å². The van der Waals surface area contributed by atoms with Crippen LogP contribution in [0.3, 0.4) is 0 Å². The molecule has 9 rings (SSSR count). The van der Waals surface area contributed by atoms with Gasteiger partial charge in [0.15, 0.2) is 0 Å². The molecule has 1 aromatic heterocycles. The van der Waals surface area contributed by atoms with Gasteiger partial charge in [0.05, 0.1) is 5.69 Å². The minimum Gasteiger partial charge on any atom is -0.404 e. The highest BCUT2D eigenvalue weighted by Gasteiger charge is 2.21. The normalized spacial score (nSPS) is 11.6. The largest absolute Gasteiger partial charge is 0.404 e. The van der Waals surface area contributed by atoms with E-state index in [0.29, 0.717) is 0 Å². The molecule has 1 N–H and O–H groups in total. The molecule has 0 aliphatic rings. The van der Waals surface area contributed by atoms with Crippen LogP contribution in [-0.2, 0) is 0 Å². The fraction of sp³-hybridized carbons (Fsp3) is 0. The zero-order valence-corrected chi connectivity index (χ0v) is 27.2. The molecule has 0 aliphatic heterocycles. The summed E-state index contributed by atoms with van der Waals surface area (Å²) in [6, 6.07) is 60.3. The van der Waals surface area contributed by atoms with Crippen LogP contribution in [-0.4, -0.2) is 0 Å². The van der Waals surface area contributed by atoms with Crippen molar-refractivity contribution in [1.29, 1.82) is 0 Å². The van der Waals surface area contributed by atoms with E-state index in [9.17, 15) is 0 Å². The third-order valence-corrected chi connectivity index (χ3v) is 12.4. The maximum absolute atomic E-state index is 6.86. The second kappa shape index (κ2) is 11.8. The summed E-state index contributed by atoms with van der Waals surface area (Å²) in [6.07, 6.45) is 0. The Morgan fingerprint density at radius 2 is 0.894 bits per heavy atom. The average Bonchev–Trinajstić information content (AvgIpc) is 3.29. The topological polar surface area (TPSA) is 38.3 Å². The average molecular weight is 642 g/mol. The smallest absolute Gasteiger partial charge is 0.338 e. The van der Waals surface area contributed by atoms with Crippen LogP contribution < -0.4 is 21.0 Å². The Balaban J connectivity index is 1.31. The van der Waals surface area contributed by atoms with E-state index in [4.69, 9.17) is 8.39 Å². The van der Waals surface area contributed by atoms with Gasteiger partial charge in [-0.3, -0.25) is 5.09 Å². The molecule has 0 radical (unpaired) electrons. The van der Waals surface area contributed by atoms with Gasteiger partial charge >= 0.3 is 8.16 Å². The van der Waals surface area contributed by atoms with Crippen molar-refractivity contribution < 1.29 is 8.39 Å². The number of rotatable bonds is 5. The lowest BCUT2D eigenvalue weighted by atomic mass is 9.99. The monoisotopic (exact) mass is 641 g/mol. The van der Waals surface area contributed by atoms with Gasteiger partial charge < -0.3 is 8.39 Å². The molecule has 5 heteroatoms. The molecule has 3 nitrogen and oxygen atoms in total. The summed E-state index contributed by atoms with van der Waals surface area (Å²) >= 11 is 0.